The van der Waals surface area contributed by atoms with E-state index in [1.54, 1.807) is 0 Å². The number of hydrogen-bond acceptors (Lipinski definition) is 1. The minimum Gasteiger partial charge on any atom is -0.382 e. The summed E-state index contributed by atoms with van der Waals surface area (Å²) in [5.41, 5.74) is 2.92. The molecule has 1 N–H and O–H groups in total. The maximum absolute atomic E-state index is 6.17. The van der Waals surface area contributed by atoms with E-state index in [-0.39, 0.29) is 5.41 Å². The molecule has 2 heteroatoms. The Balaban J connectivity index is 2.04. The van der Waals surface area contributed by atoms with E-state index in [1.807, 2.05) is 6.07 Å². The Morgan fingerprint density at radius 3 is 2.83 bits per heavy atom. The van der Waals surface area contributed by atoms with E-state index in [2.05, 4.69) is 38.2 Å². The normalized spacial score (nSPS) is 33.2. The van der Waals surface area contributed by atoms with Crippen LogP contribution in [0.1, 0.15) is 45.6 Å². The fourth-order valence-electron chi connectivity index (χ4n) is 3.98. The molecule has 3 atom stereocenters. The van der Waals surface area contributed by atoms with Crippen molar-refractivity contribution >= 4 is 17.3 Å². The highest BCUT2D eigenvalue weighted by atomic mass is 35.5. The first-order chi connectivity index (χ1) is 8.48. The van der Waals surface area contributed by atoms with Gasteiger partial charge in [-0.25, -0.2) is 0 Å². The first-order valence-corrected chi connectivity index (χ1v) is 7.43. The molecule has 1 nitrogen and oxygen atoms in total. The Kier molecular flexibility index (Phi) is 2.85. The number of fused-ring (bicyclic) bond motifs is 2. The summed E-state index contributed by atoms with van der Waals surface area (Å²) in [5.74, 6) is 1.59. The summed E-state index contributed by atoms with van der Waals surface area (Å²) in [7, 11) is 0. The van der Waals surface area contributed by atoms with Crippen molar-refractivity contribution in [3.63, 3.8) is 0 Å². The van der Waals surface area contributed by atoms with Crippen LogP contribution in [0.5, 0.6) is 0 Å². The van der Waals surface area contributed by atoms with Gasteiger partial charge in [0, 0.05) is 16.8 Å². The molecule has 98 valence electrons. The SMILES string of the molecule is C[C@@H]1CC[C@@H]2[C@@H](C1)Nc1ccc(Cl)cc1C2(C)C. The lowest BCUT2D eigenvalue weighted by Crippen LogP contribution is -2.48. The zero-order chi connectivity index (χ0) is 12.9. The van der Waals surface area contributed by atoms with E-state index in [1.165, 1.54) is 30.5 Å². The summed E-state index contributed by atoms with van der Waals surface area (Å²) >= 11 is 6.17. The van der Waals surface area contributed by atoms with E-state index < -0.39 is 0 Å². The van der Waals surface area contributed by atoms with Crippen LogP contribution in [0.15, 0.2) is 18.2 Å². The third kappa shape index (κ3) is 1.84. The van der Waals surface area contributed by atoms with Crippen molar-refractivity contribution in [1.82, 2.24) is 0 Å². The number of anilines is 1. The van der Waals surface area contributed by atoms with E-state index in [0.717, 1.165) is 16.9 Å². The van der Waals surface area contributed by atoms with E-state index in [9.17, 15) is 0 Å². The summed E-state index contributed by atoms with van der Waals surface area (Å²) in [6, 6.07) is 6.93. The fourth-order valence-corrected chi connectivity index (χ4v) is 4.15. The van der Waals surface area contributed by atoms with Crippen molar-refractivity contribution < 1.29 is 0 Å². The van der Waals surface area contributed by atoms with Gasteiger partial charge < -0.3 is 5.32 Å². The number of nitrogens with one attached hydrogen (secondary N) is 1. The Labute approximate surface area is 115 Å². The van der Waals surface area contributed by atoms with Gasteiger partial charge in [0.05, 0.1) is 0 Å². The molecular formula is C16H22ClN. The van der Waals surface area contributed by atoms with Crippen LogP contribution >= 0.6 is 11.6 Å². The maximum Gasteiger partial charge on any atom is 0.0410 e. The Morgan fingerprint density at radius 1 is 1.28 bits per heavy atom. The maximum atomic E-state index is 6.17. The van der Waals surface area contributed by atoms with Crippen LogP contribution in [-0.4, -0.2) is 6.04 Å². The summed E-state index contributed by atoms with van der Waals surface area (Å²) < 4.78 is 0. The molecule has 1 saturated carbocycles. The lowest BCUT2D eigenvalue weighted by Gasteiger charge is -2.49. The highest BCUT2D eigenvalue weighted by Crippen LogP contribution is 2.49. The standard InChI is InChI=1S/C16H22ClN/c1-10-4-6-12-15(8-10)18-14-7-5-11(17)9-13(14)16(12,2)3/h5,7,9-10,12,15,18H,4,6,8H2,1-3H3/t10-,12-,15-/m1/s1. The van der Waals surface area contributed by atoms with Crippen molar-refractivity contribution in [2.75, 3.05) is 5.32 Å². The Hall–Kier alpha value is -0.690. The monoisotopic (exact) mass is 263 g/mol. The third-order valence-electron chi connectivity index (χ3n) is 5.06. The van der Waals surface area contributed by atoms with Crippen LogP contribution in [0.3, 0.4) is 0 Å². The molecule has 1 aromatic rings. The molecule has 0 saturated heterocycles. The second-order valence-electron chi connectivity index (χ2n) is 6.69. The lowest BCUT2D eigenvalue weighted by molar-refractivity contribution is 0.174. The molecule has 3 rings (SSSR count). The highest BCUT2D eigenvalue weighted by molar-refractivity contribution is 6.30. The second-order valence-corrected chi connectivity index (χ2v) is 7.12. The number of benzene rings is 1. The molecule has 0 unspecified atom stereocenters. The molecule has 1 heterocycles. The Bertz CT molecular complexity index is 466. The molecule has 2 aliphatic rings. The van der Waals surface area contributed by atoms with Crippen LogP contribution < -0.4 is 5.32 Å². The molecule has 18 heavy (non-hydrogen) atoms. The van der Waals surface area contributed by atoms with Crippen LogP contribution in [0.2, 0.25) is 5.02 Å². The summed E-state index contributed by atoms with van der Waals surface area (Å²) in [4.78, 5) is 0. The minimum atomic E-state index is 0.232. The minimum absolute atomic E-state index is 0.232. The van der Waals surface area contributed by atoms with E-state index in [4.69, 9.17) is 11.6 Å². The largest absolute Gasteiger partial charge is 0.382 e. The van der Waals surface area contributed by atoms with Gasteiger partial charge >= 0.3 is 0 Å². The van der Waals surface area contributed by atoms with Crippen LogP contribution in [-0.2, 0) is 5.41 Å². The van der Waals surface area contributed by atoms with Crippen molar-refractivity contribution in [3.8, 4) is 0 Å². The molecular weight excluding hydrogens is 242 g/mol. The summed E-state index contributed by atoms with van der Waals surface area (Å²) in [6.07, 6.45) is 4.00. The van der Waals surface area contributed by atoms with Gasteiger partial charge in [0.1, 0.15) is 0 Å². The molecule has 1 aliphatic heterocycles. The molecule has 1 aliphatic carbocycles. The molecule has 0 radical (unpaired) electrons. The quantitative estimate of drug-likeness (QED) is 0.706. The fraction of sp³-hybridized carbons (Fsp3) is 0.625. The van der Waals surface area contributed by atoms with E-state index >= 15 is 0 Å². The highest BCUT2D eigenvalue weighted by Gasteiger charge is 2.44. The zero-order valence-electron chi connectivity index (χ0n) is 11.5. The number of hydrogen-bond donors (Lipinski definition) is 1. The average Bonchev–Trinajstić information content (AvgIpc) is 2.30. The Morgan fingerprint density at radius 2 is 2.06 bits per heavy atom. The van der Waals surface area contributed by atoms with Crippen LogP contribution in [0.4, 0.5) is 5.69 Å². The molecule has 0 bridgehead atoms. The predicted octanol–water partition coefficient (Wildman–Crippen LogP) is 4.85. The summed E-state index contributed by atoms with van der Waals surface area (Å²) in [6.45, 7) is 7.15. The number of halogens is 1. The molecule has 1 aromatic carbocycles. The van der Waals surface area contributed by atoms with Crippen LogP contribution in [0, 0.1) is 11.8 Å². The van der Waals surface area contributed by atoms with Crippen molar-refractivity contribution in [3.05, 3.63) is 28.8 Å². The van der Waals surface area contributed by atoms with Gasteiger partial charge in [0.2, 0.25) is 0 Å². The van der Waals surface area contributed by atoms with Crippen molar-refractivity contribution in [2.24, 2.45) is 11.8 Å². The van der Waals surface area contributed by atoms with Crippen molar-refractivity contribution in [2.45, 2.75) is 51.5 Å². The van der Waals surface area contributed by atoms with Gasteiger partial charge in [-0.3, -0.25) is 0 Å². The molecule has 0 spiro atoms. The van der Waals surface area contributed by atoms with Gasteiger partial charge in [0.15, 0.2) is 0 Å². The second kappa shape index (κ2) is 4.16. The molecule has 0 amide bonds. The zero-order valence-corrected chi connectivity index (χ0v) is 12.2. The van der Waals surface area contributed by atoms with Gasteiger partial charge in [-0.15, -0.1) is 0 Å². The molecule has 1 fully saturated rings. The number of rotatable bonds is 0. The van der Waals surface area contributed by atoms with E-state index in [0.29, 0.717) is 6.04 Å². The topological polar surface area (TPSA) is 12.0 Å². The first kappa shape index (κ1) is 12.3. The smallest absolute Gasteiger partial charge is 0.0410 e. The van der Waals surface area contributed by atoms with Gasteiger partial charge in [-0.2, -0.15) is 0 Å². The lowest BCUT2D eigenvalue weighted by atomic mass is 9.61. The third-order valence-corrected chi connectivity index (χ3v) is 5.29. The van der Waals surface area contributed by atoms with Gasteiger partial charge in [-0.05, 0) is 53.9 Å². The van der Waals surface area contributed by atoms with Crippen molar-refractivity contribution in [1.29, 1.82) is 0 Å². The van der Waals surface area contributed by atoms with Crippen LogP contribution in [0.25, 0.3) is 0 Å². The average molecular weight is 264 g/mol. The van der Waals surface area contributed by atoms with Gasteiger partial charge in [-0.1, -0.05) is 38.8 Å². The first-order valence-electron chi connectivity index (χ1n) is 7.05. The molecule has 0 aromatic heterocycles. The predicted molar refractivity (Wildman–Crippen MR) is 78.4 cm³/mol. The summed E-state index contributed by atoms with van der Waals surface area (Å²) in [5, 5.41) is 4.61. The van der Waals surface area contributed by atoms with Gasteiger partial charge in [0.25, 0.3) is 0 Å².